The Bertz CT molecular complexity index is 347. The molecule has 2 N–H and O–H groups in total. The van der Waals surface area contributed by atoms with Crippen molar-refractivity contribution in [3.05, 3.63) is 35.9 Å². The predicted molar refractivity (Wildman–Crippen MR) is 58.1 cm³/mol. The molecular weight excluding hydrogens is 192 g/mol. The standard InChI is InChI=1S/C11H14N2O2/c1-9(13-15)11(14)12-8-7-10-5-3-2-4-6-10/h2-6,15H,7-8H2,1H3,(H,12,14)/b13-9+. The number of carbonyl (C=O) groups is 1. The van der Waals surface area contributed by atoms with E-state index in [-0.39, 0.29) is 11.6 Å². The molecule has 1 aromatic rings. The van der Waals surface area contributed by atoms with Crippen LogP contribution in [0.5, 0.6) is 0 Å². The first kappa shape index (κ1) is 11.2. The zero-order valence-electron chi connectivity index (χ0n) is 8.60. The summed E-state index contributed by atoms with van der Waals surface area (Å²) >= 11 is 0. The molecule has 0 aliphatic rings. The molecule has 0 aromatic heterocycles. The summed E-state index contributed by atoms with van der Waals surface area (Å²) in [6.45, 7) is 1.99. The van der Waals surface area contributed by atoms with Crippen molar-refractivity contribution >= 4 is 11.6 Å². The van der Waals surface area contributed by atoms with Gasteiger partial charge in [-0.15, -0.1) is 0 Å². The average molecular weight is 206 g/mol. The third kappa shape index (κ3) is 3.81. The number of oxime groups is 1. The normalized spacial score (nSPS) is 11.1. The molecule has 0 bridgehead atoms. The first-order chi connectivity index (χ1) is 7.24. The fourth-order valence-electron chi connectivity index (χ4n) is 1.14. The van der Waals surface area contributed by atoms with Gasteiger partial charge in [-0.25, -0.2) is 0 Å². The van der Waals surface area contributed by atoms with E-state index in [0.29, 0.717) is 6.54 Å². The van der Waals surface area contributed by atoms with Gasteiger partial charge in [-0.1, -0.05) is 35.5 Å². The van der Waals surface area contributed by atoms with Crippen LogP contribution in [0.2, 0.25) is 0 Å². The molecule has 0 spiro atoms. The van der Waals surface area contributed by atoms with Crippen molar-refractivity contribution in [3.8, 4) is 0 Å². The van der Waals surface area contributed by atoms with Crippen molar-refractivity contribution in [1.29, 1.82) is 0 Å². The number of rotatable bonds is 4. The van der Waals surface area contributed by atoms with Crippen molar-refractivity contribution in [1.82, 2.24) is 5.32 Å². The lowest BCUT2D eigenvalue weighted by Gasteiger charge is -2.03. The first-order valence-corrected chi connectivity index (χ1v) is 4.75. The summed E-state index contributed by atoms with van der Waals surface area (Å²) < 4.78 is 0. The minimum absolute atomic E-state index is 0.0723. The molecule has 0 saturated heterocycles. The summed E-state index contributed by atoms with van der Waals surface area (Å²) in [5.74, 6) is -0.339. The minimum Gasteiger partial charge on any atom is -0.410 e. The minimum atomic E-state index is -0.339. The first-order valence-electron chi connectivity index (χ1n) is 4.75. The van der Waals surface area contributed by atoms with Gasteiger partial charge in [0.1, 0.15) is 5.71 Å². The molecule has 0 radical (unpaired) electrons. The monoisotopic (exact) mass is 206 g/mol. The van der Waals surface area contributed by atoms with E-state index in [0.717, 1.165) is 12.0 Å². The van der Waals surface area contributed by atoms with Gasteiger partial charge in [0.25, 0.3) is 5.91 Å². The van der Waals surface area contributed by atoms with Gasteiger partial charge in [0.05, 0.1) is 0 Å². The quantitative estimate of drug-likeness (QED) is 0.441. The van der Waals surface area contributed by atoms with Crippen LogP contribution in [0.25, 0.3) is 0 Å². The summed E-state index contributed by atoms with van der Waals surface area (Å²) in [4.78, 5) is 11.2. The highest BCUT2D eigenvalue weighted by Gasteiger charge is 2.04. The molecule has 1 aromatic carbocycles. The van der Waals surface area contributed by atoms with Crippen molar-refractivity contribution in [2.45, 2.75) is 13.3 Å². The molecular formula is C11H14N2O2. The SMILES string of the molecule is C/C(=N\O)C(=O)NCCc1ccccc1. The molecule has 0 saturated carbocycles. The maximum atomic E-state index is 11.2. The number of nitrogens with zero attached hydrogens (tertiary/aromatic N) is 1. The Morgan fingerprint density at radius 1 is 1.40 bits per heavy atom. The van der Waals surface area contributed by atoms with Crippen LogP contribution in [0.3, 0.4) is 0 Å². The third-order valence-corrected chi connectivity index (χ3v) is 2.02. The van der Waals surface area contributed by atoms with Crippen LogP contribution >= 0.6 is 0 Å². The number of hydrogen-bond donors (Lipinski definition) is 2. The van der Waals surface area contributed by atoms with Crippen LogP contribution in [0.15, 0.2) is 35.5 Å². The smallest absolute Gasteiger partial charge is 0.268 e. The Morgan fingerprint density at radius 2 is 2.07 bits per heavy atom. The van der Waals surface area contributed by atoms with E-state index in [4.69, 9.17) is 5.21 Å². The predicted octanol–water partition coefficient (Wildman–Crippen LogP) is 1.20. The van der Waals surface area contributed by atoms with E-state index in [9.17, 15) is 4.79 Å². The maximum Gasteiger partial charge on any atom is 0.268 e. The zero-order chi connectivity index (χ0) is 11.1. The fourth-order valence-corrected chi connectivity index (χ4v) is 1.14. The lowest BCUT2D eigenvalue weighted by atomic mass is 10.1. The van der Waals surface area contributed by atoms with Crippen LogP contribution < -0.4 is 5.32 Å². The largest absolute Gasteiger partial charge is 0.410 e. The van der Waals surface area contributed by atoms with Crippen molar-refractivity contribution in [3.63, 3.8) is 0 Å². The maximum absolute atomic E-state index is 11.2. The lowest BCUT2D eigenvalue weighted by molar-refractivity contribution is -0.114. The van der Waals surface area contributed by atoms with Crippen LogP contribution in [-0.4, -0.2) is 23.4 Å². The Kier molecular flexibility index (Phi) is 4.34. The van der Waals surface area contributed by atoms with Crippen LogP contribution in [0.4, 0.5) is 0 Å². The number of hydrogen-bond acceptors (Lipinski definition) is 3. The highest BCUT2D eigenvalue weighted by Crippen LogP contribution is 1.97. The average Bonchev–Trinajstić information content (AvgIpc) is 2.29. The van der Waals surface area contributed by atoms with Crippen molar-refractivity contribution < 1.29 is 10.0 Å². The Balaban J connectivity index is 2.31. The van der Waals surface area contributed by atoms with Gasteiger partial charge in [-0.2, -0.15) is 0 Å². The Labute approximate surface area is 88.6 Å². The summed E-state index contributed by atoms with van der Waals surface area (Å²) in [6, 6.07) is 9.86. The summed E-state index contributed by atoms with van der Waals surface area (Å²) in [5.41, 5.74) is 1.24. The molecule has 15 heavy (non-hydrogen) atoms. The third-order valence-electron chi connectivity index (χ3n) is 2.02. The topological polar surface area (TPSA) is 61.7 Å². The molecule has 4 nitrogen and oxygen atoms in total. The molecule has 0 fully saturated rings. The fraction of sp³-hybridized carbons (Fsp3) is 0.273. The van der Waals surface area contributed by atoms with Crippen molar-refractivity contribution in [2.75, 3.05) is 6.54 Å². The molecule has 1 amide bonds. The van der Waals surface area contributed by atoms with Crippen molar-refractivity contribution in [2.24, 2.45) is 5.16 Å². The summed E-state index contributed by atoms with van der Waals surface area (Å²) in [6.07, 6.45) is 0.769. The van der Waals surface area contributed by atoms with E-state index in [1.165, 1.54) is 6.92 Å². The van der Waals surface area contributed by atoms with Gasteiger partial charge in [0.15, 0.2) is 0 Å². The molecule has 80 valence electrons. The van der Waals surface area contributed by atoms with E-state index in [1.54, 1.807) is 0 Å². The van der Waals surface area contributed by atoms with Gasteiger partial charge >= 0.3 is 0 Å². The van der Waals surface area contributed by atoms with Gasteiger partial charge in [-0.3, -0.25) is 4.79 Å². The Morgan fingerprint density at radius 3 is 2.67 bits per heavy atom. The molecule has 4 heteroatoms. The Hall–Kier alpha value is -1.84. The number of nitrogens with one attached hydrogen (secondary N) is 1. The molecule has 0 heterocycles. The van der Waals surface area contributed by atoms with Crippen LogP contribution in [0, 0.1) is 0 Å². The highest BCUT2D eigenvalue weighted by atomic mass is 16.4. The second-order valence-corrected chi connectivity index (χ2v) is 3.18. The number of amides is 1. The molecule has 1 rings (SSSR count). The molecule has 0 aliphatic carbocycles. The second kappa shape index (κ2) is 5.80. The van der Waals surface area contributed by atoms with Gasteiger partial charge in [-0.05, 0) is 18.9 Å². The van der Waals surface area contributed by atoms with Crippen LogP contribution in [-0.2, 0) is 11.2 Å². The number of benzene rings is 1. The van der Waals surface area contributed by atoms with E-state index >= 15 is 0 Å². The molecule has 0 unspecified atom stereocenters. The second-order valence-electron chi connectivity index (χ2n) is 3.18. The van der Waals surface area contributed by atoms with Gasteiger partial charge in [0, 0.05) is 6.54 Å². The number of carbonyl (C=O) groups excluding carboxylic acids is 1. The molecule has 0 aliphatic heterocycles. The summed E-state index contributed by atoms with van der Waals surface area (Å²) in [5, 5.41) is 13.8. The molecule has 0 atom stereocenters. The van der Waals surface area contributed by atoms with E-state index in [1.807, 2.05) is 30.3 Å². The van der Waals surface area contributed by atoms with Crippen LogP contribution in [0.1, 0.15) is 12.5 Å². The van der Waals surface area contributed by atoms with Gasteiger partial charge < -0.3 is 10.5 Å². The zero-order valence-corrected chi connectivity index (χ0v) is 8.60. The van der Waals surface area contributed by atoms with Gasteiger partial charge in [0.2, 0.25) is 0 Å². The highest BCUT2D eigenvalue weighted by molar-refractivity contribution is 6.37. The summed E-state index contributed by atoms with van der Waals surface area (Å²) in [7, 11) is 0. The van der Waals surface area contributed by atoms with E-state index in [2.05, 4.69) is 10.5 Å². The van der Waals surface area contributed by atoms with E-state index < -0.39 is 0 Å². The lowest BCUT2D eigenvalue weighted by Crippen LogP contribution is -2.31.